The molecule has 0 radical (unpaired) electrons. The topological polar surface area (TPSA) is 112 Å². The summed E-state index contributed by atoms with van der Waals surface area (Å²) in [7, 11) is -3.79. The monoisotopic (exact) mass is 446 g/mol. The van der Waals surface area contributed by atoms with Crippen LogP contribution in [0.25, 0.3) is 11.0 Å². The Morgan fingerprint density at radius 3 is 2.80 bits per heavy atom. The Kier molecular flexibility index (Phi) is 6.09. The summed E-state index contributed by atoms with van der Waals surface area (Å²) in [5.41, 5.74) is 1.62. The number of aliphatic hydroxyl groups excluding tert-OH is 1. The predicted molar refractivity (Wildman–Crippen MR) is 113 cm³/mol. The van der Waals surface area contributed by atoms with Gasteiger partial charge in [-0.15, -0.1) is 0 Å². The maximum absolute atomic E-state index is 13.2. The highest BCUT2D eigenvalue weighted by atomic mass is 32.2. The molecule has 1 fully saturated rings. The van der Waals surface area contributed by atoms with E-state index in [2.05, 4.69) is 14.1 Å². The van der Waals surface area contributed by atoms with Gasteiger partial charge in [0.2, 0.25) is 15.9 Å². The normalized spacial score (nSPS) is 18.9. The number of nitrogens with zero attached hydrogens (tertiary/aromatic N) is 3. The third-order valence-electron chi connectivity index (χ3n) is 5.28. The van der Waals surface area contributed by atoms with Crippen molar-refractivity contribution in [3.63, 3.8) is 0 Å². The zero-order chi connectivity index (χ0) is 21.1. The summed E-state index contributed by atoms with van der Waals surface area (Å²) in [6, 6.07) is 14.0. The lowest BCUT2D eigenvalue weighted by Crippen LogP contribution is -2.46. The van der Waals surface area contributed by atoms with Crippen molar-refractivity contribution < 1.29 is 18.3 Å². The minimum absolute atomic E-state index is 0.0793. The number of sulfonamides is 1. The van der Waals surface area contributed by atoms with Crippen LogP contribution in [0.1, 0.15) is 24.5 Å². The van der Waals surface area contributed by atoms with E-state index in [9.17, 15) is 18.3 Å². The first-order valence-electron chi connectivity index (χ1n) is 9.69. The average Bonchev–Trinajstić information content (AvgIpc) is 3.26. The molecule has 0 bridgehead atoms. The molecule has 2 unspecified atom stereocenters. The van der Waals surface area contributed by atoms with Crippen LogP contribution in [0.5, 0.6) is 0 Å². The third-order valence-corrected chi connectivity index (χ3v) is 7.72. The number of amides is 1. The van der Waals surface area contributed by atoms with Gasteiger partial charge in [0.1, 0.15) is 15.9 Å². The first-order chi connectivity index (χ1) is 14.5. The second kappa shape index (κ2) is 8.76. The molecular formula is C20H22N4O4S2. The molecule has 1 aromatic heterocycles. The van der Waals surface area contributed by atoms with Gasteiger partial charge in [-0.2, -0.15) is 13.1 Å². The number of aliphatic hydroxyl groups is 1. The fourth-order valence-electron chi connectivity index (χ4n) is 3.64. The van der Waals surface area contributed by atoms with Gasteiger partial charge in [-0.25, -0.2) is 8.42 Å². The van der Waals surface area contributed by atoms with Gasteiger partial charge >= 0.3 is 0 Å². The van der Waals surface area contributed by atoms with Crippen molar-refractivity contribution in [3.8, 4) is 0 Å². The van der Waals surface area contributed by atoms with Gasteiger partial charge in [0.05, 0.1) is 23.8 Å². The van der Waals surface area contributed by atoms with Crippen LogP contribution >= 0.6 is 11.7 Å². The van der Waals surface area contributed by atoms with Gasteiger partial charge in [-0.1, -0.05) is 36.4 Å². The van der Waals surface area contributed by atoms with Crippen LogP contribution in [0.3, 0.4) is 0 Å². The summed E-state index contributed by atoms with van der Waals surface area (Å²) in [5, 5.41) is 13.0. The van der Waals surface area contributed by atoms with Gasteiger partial charge in [0.25, 0.3) is 0 Å². The Hall–Kier alpha value is -2.40. The summed E-state index contributed by atoms with van der Waals surface area (Å²) >= 11 is 0.972. The van der Waals surface area contributed by atoms with Crippen LogP contribution in [0.15, 0.2) is 53.4 Å². The quantitative estimate of drug-likeness (QED) is 0.598. The number of rotatable bonds is 6. The van der Waals surface area contributed by atoms with Gasteiger partial charge in [0.15, 0.2) is 0 Å². The van der Waals surface area contributed by atoms with Crippen LogP contribution in [0.2, 0.25) is 0 Å². The van der Waals surface area contributed by atoms with Gasteiger partial charge in [-0.05, 0) is 30.5 Å². The highest BCUT2D eigenvalue weighted by Gasteiger charge is 2.34. The van der Waals surface area contributed by atoms with E-state index in [1.54, 1.807) is 24.3 Å². The Morgan fingerprint density at radius 2 is 2.00 bits per heavy atom. The lowest BCUT2D eigenvalue weighted by atomic mass is 9.98. The van der Waals surface area contributed by atoms with Crippen molar-refractivity contribution in [1.82, 2.24) is 18.4 Å². The molecule has 1 aliphatic heterocycles. The Labute approximate surface area is 178 Å². The van der Waals surface area contributed by atoms with Crippen LogP contribution in [0, 0.1) is 5.92 Å². The van der Waals surface area contributed by atoms with Crippen molar-refractivity contribution in [3.05, 3.63) is 54.1 Å². The van der Waals surface area contributed by atoms with E-state index < -0.39 is 22.0 Å². The summed E-state index contributed by atoms with van der Waals surface area (Å²) in [5.74, 6) is -0.720. The first kappa shape index (κ1) is 20.9. The summed E-state index contributed by atoms with van der Waals surface area (Å²) in [4.78, 5) is 12.8. The van der Waals surface area contributed by atoms with E-state index in [1.807, 2.05) is 18.2 Å². The molecule has 158 valence electrons. The van der Waals surface area contributed by atoms with Crippen molar-refractivity contribution in [2.24, 2.45) is 5.92 Å². The van der Waals surface area contributed by atoms with E-state index in [4.69, 9.17) is 0 Å². The van der Waals surface area contributed by atoms with Crippen molar-refractivity contribution >= 4 is 38.7 Å². The minimum atomic E-state index is -3.79. The Morgan fingerprint density at radius 1 is 1.20 bits per heavy atom. The number of nitrogens with one attached hydrogen (secondary N) is 1. The Balaban J connectivity index is 1.44. The number of piperidine rings is 1. The lowest BCUT2D eigenvalue weighted by Gasteiger charge is -2.31. The van der Waals surface area contributed by atoms with Gasteiger partial charge < -0.3 is 10.4 Å². The van der Waals surface area contributed by atoms with E-state index in [0.717, 1.165) is 17.3 Å². The average molecular weight is 447 g/mol. The molecule has 0 aliphatic carbocycles. The molecule has 8 nitrogen and oxygen atoms in total. The van der Waals surface area contributed by atoms with Crippen LogP contribution in [0.4, 0.5) is 0 Å². The molecule has 2 N–H and O–H groups in total. The molecule has 10 heteroatoms. The van der Waals surface area contributed by atoms with Crippen molar-refractivity contribution in [2.45, 2.75) is 23.8 Å². The SMILES string of the molecule is O=C(NCC(O)c1ccccc1)C1CCCN(S(=O)(=O)c2cccc3nsnc23)C1. The van der Waals surface area contributed by atoms with Crippen LogP contribution in [-0.4, -0.2) is 52.1 Å². The molecule has 1 saturated heterocycles. The van der Waals surface area contributed by atoms with Crippen LogP contribution in [-0.2, 0) is 14.8 Å². The molecule has 30 heavy (non-hydrogen) atoms. The lowest BCUT2D eigenvalue weighted by molar-refractivity contribution is -0.126. The zero-order valence-corrected chi connectivity index (χ0v) is 17.8. The maximum atomic E-state index is 13.2. The van der Waals surface area contributed by atoms with Gasteiger partial charge in [-0.3, -0.25) is 4.79 Å². The number of aromatic nitrogens is 2. The molecular weight excluding hydrogens is 424 g/mol. The third kappa shape index (κ3) is 4.22. The summed E-state index contributed by atoms with van der Waals surface area (Å²) in [6.07, 6.45) is 0.374. The van der Waals surface area contributed by atoms with E-state index in [1.165, 1.54) is 10.4 Å². The number of hydrogen-bond donors (Lipinski definition) is 2. The van der Waals surface area contributed by atoms with Gasteiger partial charge in [0, 0.05) is 19.6 Å². The number of benzene rings is 2. The molecule has 2 aromatic carbocycles. The maximum Gasteiger partial charge on any atom is 0.245 e. The molecule has 4 rings (SSSR count). The number of carbonyl (C=O) groups excluding carboxylic acids is 1. The molecule has 2 atom stereocenters. The van der Waals surface area contributed by atoms with Crippen molar-refractivity contribution in [2.75, 3.05) is 19.6 Å². The highest BCUT2D eigenvalue weighted by Crippen LogP contribution is 2.28. The number of carbonyl (C=O) groups is 1. The fraction of sp³-hybridized carbons (Fsp3) is 0.350. The largest absolute Gasteiger partial charge is 0.387 e. The highest BCUT2D eigenvalue weighted by molar-refractivity contribution is 7.89. The minimum Gasteiger partial charge on any atom is -0.387 e. The molecule has 3 aromatic rings. The standard InChI is InChI=1S/C20H22N4O4S2/c25-17(14-6-2-1-3-7-14)12-21-20(26)15-8-5-11-24(13-15)30(27,28)18-10-4-9-16-19(18)23-29-22-16/h1-4,6-7,9-10,15,17,25H,5,8,11-13H2,(H,21,26). The molecule has 0 spiro atoms. The zero-order valence-electron chi connectivity index (χ0n) is 16.1. The summed E-state index contributed by atoms with van der Waals surface area (Å²) < 4.78 is 36.0. The second-order valence-electron chi connectivity index (χ2n) is 7.26. The number of fused-ring (bicyclic) bond motifs is 1. The first-order valence-corrected chi connectivity index (χ1v) is 11.9. The molecule has 2 heterocycles. The molecule has 1 aliphatic rings. The fourth-order valence-corrected chi connectivity index (χ4v) is 5.91. The molecule has 0 saturated carbocycles. The smallest absolute Gasteiger partial charge is 0.245 e. The van der Waals surface area contributed by atoms with E-state index >= 15 is 0 Å². The van der Waals surface area contributed by atoms with Crippen LogP contribution < -0.4 is 5.32 Å². The van der Waals surface area contributed by atoms with E-state index in [-0.39, 0.29) is 23.9 Å². The van der Waals surface area contributed by atoms with Crippen molar-refractivity contribution in [1.29, 1.82) is 0 Å². The molecule has 1 amide bonds. The van der Waals surface area contributed by atoms with E-state index in [0.29, 0.717) is 30.4 Å². The second-order valence-corrected chi connectivity index (χ2v) is 9.70. The predicted octanol–water partition coefficient (Wildman–Crippen LogP) is 1.94. The number of hydrogen-bond acceptors (Lipinski definition) is 7. The Bertz CT molecular complexity index is 1130. The summed E-state index contributed by atoms with van der Waals surface area (Å²) in [6.45, 7) is 0.534.